The molecule has 88 valence electrons. The Morgan fingerprint density at radius 3 is 2.69 bits per heavy atom. The molecule has 0 bridgehead atoms. The fourth-order valence-electron chi connectivity index (χ4n) is 2.33. The van der Waals surface area contributed by atoms with Crippen LogP contribution in [0.4, 0.5) is 0 Å². The van der Waals surface area contributed by atoms with Crippen LogP contribution in [0.25, 0.3) is 0 Å². The first kappa shape index (κ1) is 12.0. The van der Waals surface area contributed by atoms with Crippen molar-refractivity contribution in [3.05, 3.63) is 35.4 Å². The second kappa shape index (κ2) is 5.21. The minimum absolute atomic E-state index is 0.187. The number of hydrogen-bond acceptors (Lipinski definition) is 3. The quantitative estimate of drug-likeness (QED) is 0.790. The van der Waals surface area contributed by atoms with Gasteiger partial charge in [0.2, 0.25) is 0 Å². The molecule has 0 aliphatic carbocycles. The maximum Gasteiger partial charge on any atom is 0.0474 e. The van der Waals surface area contributed by atoms with Crippen molar-refractivity contribution in [3.8, 4) is 0 Å². The number of nitrogens with two attached hydrogens (primary N) is 1. The van der Waals surface area contributed by atoms with E-state index in [9.17, 15) is 0 Å². The molecule has 1 saturated heterocycles. The Labute approximate surface area is 103 Å². The molecule has 2 rings (SSSR count). The van der Waals surface area contributed by atoms with Gasteiger partial charge in [0.05, 0.1) is 0 Å². The van der Waals surface area contributed by atoms with Gasteiger partial charge in [0, 0.05) is 30.9 Å². The maximum absolute atomic E-state index is 5.69. The van der Waals surface area contributed by atoms with Gasteiger partial charge in [0.25, 0.3) is 0 Å². The molecule has 3 heteroatoms. The zero-order valence-corrected chi connectivity index (χ0v) is 10.4. The predicted octanol–water partition coefficient (Wildman–Crippen LogP) is 2.12. The van der Waals surface area contributed by atoms with Crippen molar-refractivity contribution in [3.63, 3.8) is 0 Å². The van der Waals surface area contributed by atoms with Crippen molar-refractivity contribution in [2.24, 2.45) is 5.73 Å². The first-order chi connectivity index (χ1) is 7.80. The van der Waals surface area contributed by atoms with Gasteiger partial charge >= 0.3 is 0 Å². The van der Waals surface area contributed by atoms with E-state index in [0.717, 1.165) is 31.8 Å². The van der Waals surface area contributed by atoms with Gasteiger partial charge in [0.1, 0.15) is 0 Å². The lowest BCUT2D eigenvalue weighted by Gasteiger charge is -2.36. The van der Waals surface area contributed by atoms with Crippen LogP contribution in [0.3, 0.4) is 0 Å². The van der Waals surface area contributed by atoms with Crippen LogP contribution in [-0.2, 0) is 16.7 Å². The largest absolute Gasteiger partial charge is 0.381 e. The molecule has 0 amide bonds. The molecule has 2 nitrogen and oxygen atoms in total. The lowest BCUT2D eigenvalue weighted by atomic mass is 9.75. The molecule has 0 radical (unpaired) electrons. The molecule has 1 aliphatic heterocycles. The molecular formula is C13H19NOS. The highest BCUT2D eigenvalue weighted by molar-refractivity contribution is 7.80. The first-order valence-electron chi connectivity index (χ1n) is 5.79. The summed E-state index contributed by atoms with van der Waals surface area (Å²) >= 11 is 4.54. The van der Waals surface area contributed by atoms with E-state index in [0.29, 0.717) is 6.54 Å². The van der Waals surface area contributed by atoms with Crippen LogP contribution in [-0.4, -0.2) is 19.0 Å². The number of hydrogen-bond donors (Lipinski definition) is 2. The smallest absolute Gasteiger partial charge is 0.0474 e. The Bertz CT molecular complexity index is 348. The molecule has 1 heterocycles. The first-order valence-corrected chi connectivity index (χ1v) is 6.42. The van der Waals surface area contributed by atoms with E-state index in [1.165, 1.54) is 11.1 Å². The summed E-state index contributed by atoms with van der Waals surface area (Å²) in [6, 6.07) is 8.59. The third kappa shape index (κ3) is 2.26. The third-order valence-electron chi connectivity index (χ3n) is 3.53. The standard InChI is InChI=1S/C13H19NOS/c14-9-11-2-1-3-12(8-11)13(10-16)4-6-15-7-5-13/h1-3,8,16H,4-7,9-10,14H2. The van der Waals surface area contributed by atoms with Gasteiger partial charge in [-0.2, -0.15) is 12.6 Å². The molecule has 1 aromatic carbocycles. The van der Waals surface area contributed by atoms with Gasteiger partial charge in [-0.1, -0.05) is 24.3 Å². The zero-order chi connectivity index (χ0) is 11.4. The Balaban J connectivity index is 2.31. The summed E-state index contributed by atoms with van der Waals surface area (Å²) in [6.45, 7) is 2.29. The van der Waals surface area contributed by atoms with Crippen LogP contribution < -0.4 is 5.73 Å². The van der Waals surface area contributed by atoms with Crippen LogP contribution in [0.2, 0.25) is 0 Å². The number of ether oxygens (including phenoxy) is 1. The molecule has 0 saturated carbocycles. The van der Waals surface area contributed by atoms with E-state index in [4.69, 9.17) is 10.5 Å². The van der Waals surface area contributed by atoms with Gasteiger partial charge in [-0.15, -0.1) is 0 Å². The summed E-state index contributed by atoms with van der Waals surface area (Å²) in [7, 11) is 0. The number of rotatable bonds is 3. The number of thiol groups is 1. The van der Waals surface area contributed by atoms with Gasteiger partial charge in [-0.05, 0) is 24.0 Å². The van der Waals surface area contributed by atoms with Crippen molar-refractivity contribution in [2.75, 3.05) is 19.0 Å². The van der Waals surface area contributed by atoms with Gasteiger partial charge in [0.15, 0.2) is 0 Å². The summed E-state index contributed by atoms with van der Waals surface area (Å²) < 4.78 is 5.45. The molecule has 0 atom stereocenters. The Kier molecular flexibility index (Phi) is 3.90. The fraction of sp³-hybridized carbons (Fsp3) is 0.538. The Morgan fingerprint density at radius 2 is 2.06 bits per heavy atom. The molecule has 1 fully saturated rings. The minimum atomic E-state index is 0.187. The average Bonchev–Trinajstić information content (AvgIpc) is 2.39. The second-order valence-electron chi connectivity index (χ2n) is 4.46. The Morgan fingerprint density at radius 1 is 1.31 bits per heavy atom. The van der Waals surface area contributed by atoms with Gasteiger partial charge in [-0.25, -0.2) is 0 Å². The van der Waals surface area contributed by atoms with Gasteiger partial charge < -0.3 is 10.5 Å². The van der Waals surface area contributed by atoms with Gasteiger partial charge in [-0.3, -0.25) is 0 Å². The monoisotopic (exact) mass is 237 g/mol. The number of benzene rings is 1. The van der Waals surface area contributed by atoms with Crippen LogP contribution >= 0.6 is 12.6 Å². The van der Waals surface area contributed by atoms with E-state index in [1.54, 1.807) is 0 Å². The highest BCUT2D eigenvalue weighted by Crippen LogP contribution is 2.36. The van der Waals surface area contributed by atoms with Crippen molar-refractivity contribution in [2.45, 2.75) is 24.8 Å². The van der Waals surface area contributed by atoms with E-state index < -0.39 is 0 Å². The van der Waals surface area contributed by atoms with Crippen LogP contribution in [0.15, 0.2) is 24.3 Å². The molecule has 0 unspecified atom stereocenters. The zero-order valence-electron chi connectivity index (χ0n) is 9.48. The van der Waals surface area contributed by atoms with Crippen molar-refractivity contribution >= 4 is 12.6 Å². The normalized spacial score (nSPS) is 19.6. The average molecular weight is 237 g/mol. The fourth-order valence-corrected chi connectivity index (χ4v) is 2.83. The van der Waals surface area contributed by atoms with E-state index in [2.05, 4.69) is 36.9 Å². The van der Waals surface area contributed by atoms with E-state index >= 15 is 0 Å². The second-order valence-corrected chi connectivity index (χ2v) is 4.77. The maximum atomic E-state index is 5.69. The van der Waals surface area contributed by atoms with Crippen molar-refractivity contribution < 1.29 is 4.74 Å². The highest BCUT2D eigenvalue weighted by Gasteiger charge is 2.33. The molecule has 2 N–H and O–H groups in total. The summed E-state index contributed by atoms with van der Waals surface area (Å²) in [6.07, 6.45) is 2.12. The molecular weight excluding hydrogens is 218 g/mol. The van der Waals surface area contributed by atoms with E-state index in [1.807, 2.05) is 0 Å². The lowest BCUT2D eigenvalue weighted by Crippen LogP contribution is -2.35. The lowest BCUT2D eigenvalue weighted by molar-refractivity contribution is 0.0581. The van der Waals surface area contributed by atoms with E-state index in [-0.39, 0.29) is 5.41 Å². The molecule has 0 spiro atoms. The predicted molar refractivity (Wildman–Crippen MR) is 69.9 cm³/mol. The summed E-state index contributed by atoms with van der Waals surface area (Å²) in [5, 5.41) is 0. The SMILES string of the molecule is NCc1cccc(C2(CS)CCOCC2)c1. The molecule has 1 aromatic rings. The Hall–Kier alpha value is -0.510. The van der Waals surface area contributed by atoms with Crippen molar-refractivity contribution in [1.29, 1.82) is 0 Å². The summed E-state index contributed by atoms with van der Waals surface area (Å²) in [5.74, 6) is 0.879. The van der Waals surface area contributed by atoms with Crippen LogP contribution in [0.1, 0.15) is 24.0 Å². The summed E-state index contributed by atoms with van der Waals surface area (Å²) in [4.78, 5) is 0. The topological polar surface area (TPSA) is 35.2 Å². The highest BCUT2D eigenvalue weighted by atomic mass is 32.1. The molecule has 1 aliphatic rings. The van der Waals surface area contributed by atoms with Crippen LogP contribution in [0, 0.1) is 0 Å². The third-order valence-corrected chi connectivity index (χ3v) is 4.13. The van der Waals surface area contributed by atoms with Crippen LogP contribution in [0.5, 0.6) is 0 Å². The van der Waals surface area contributed by atoms with Crippen molar-refractivity contribution in [1.82, 2.24) is 0 Å². The minimum Gasteiger partial charge on any atom is -0.381 e. The summed E-state index contributed by atoms with van der Waals surface area (Å²) in [5.41, 5.74) is 8.44. The molecule has 16 heavy (non-hydrogen) atoms. The molecule has 0 aromatic heterocycles.